The van der Waals surface area contributed by atoms with E-state index in [1.165, 1.54) is 17.0 Å². The van der Waals surface area contributed by atoms with Crippen molar-refractivity contribution in [2.45, 2.75) is 38.7 Å². The van der Waals surface area contributed by atoms with Gasteiger partial charge in [-0.15, -0.1) is 0 Å². The first-order valence-corrected chi connectivity index (χ1v) is 10.4. The average molecular weight is 461 g/mol. The van der Waals surface area contributed by atoms with Gasteiger partial charge in [-0.2, -0.15) is 13.2 Å². The Bertz CT molecular complexity index is 1140. The number of nitrogens with two attached hydrogens (primary N) is 1. The van der Waals surface area contributed by atoms with Crippen LogP contribution in [0, 0.1) is 12.7 Å². The highest BCUT2D eigenvalue weighted by Crippen LogP contribution is 2.33. The van der Waals surface area contributed by atoms with Crippen LogP contribution in [-0.4, -0.2) is 39.1 Å². The minimum atomic E-state index is -4.63. The fourth-order valence-electron chi connectivity index (χ4n) is 3.69. The Kier molecular flexibility index (Phi) is 6.11. The molecule has 0 aliphatic carbocycles. The molecule has 3 aromatic rings. The van der Waals surface area contributed by atoms with E-state index in [4.69, 9.17) is 5.73 Å². The first-order chi connectivity index (χ1) is 15.6. The number of nitrogens with one attached hydrogen (secondary N) is 1. The topological polar surface area (TPSA) is 76.2 Å². The van der Waals surface area contributed by atoms with Gasteiger partial charge in [0, 0.05) is 24.3 Å². The number of anilines is 2. The van der Waals surface area contributed by atoms with Crippen molar-refractivity contribution in [1.82, 2.24) is 14.5 Å². The summed E-state index contributed by atoms with van der Waals surface area (Å²) in [6.45, 7) is 2.58. The lowest BCUT2D eigenvalue weighted by molar-refractivity contribution is -0.158. The highest BCUT2D eigenvalue weighted by molar-refractivity contribution is 5.79. The van der Waals surface area contributed by atoms with Gasteiger partial charge in [0.05, 0.1) is 13.0 Å². The van der Waals surface area contributed by atoms with Crippen LogP contribution in [0.15, 0.2) is 48.5 Å². The smallest absolute Gasteiger partial charge is 0.340 e. The van der Waals surface area contributed by atoms with E-state index in [0.717, 1.165) is 11.3 Å². The van der Waals surface area contributed by atoms with Crippen molar-refractivity contribution in [2.75, 3.05) is 11.9 Å². The summed E-state index contributed by atoms with van der Waals surface area (Å²) in [4.78, 5) is 18.4. The van der Waals surface area contributed by atoms with Gasteiger partial charge in [0.15, 0.2) is 0 Å². The number of hydrogen-bond acceptors (Lipinski definition) is 4. The lowest BCUT2D eigenvalue weighted by atomic mass is 10.1. The normalized spacial score (nSPS) is 14.7. The molecule has 1 aliphatic heterocycles. The Balaban J connectivity index is 1.64. The Morgan fingerprint density at radius 1 is 1.12 bits per heavy atom. The van der Waals surface area contributed by atoms with Crippen LogP contribution in [0.3, 0.4) is 0 Å². The highest BCUT2D eigenvalue weighted by Gasteiger charge is 2.39. The minimum Gasteiger partial charge on any atom is -0.340 e. The van der Waals surface area contributed by atoms with Gasteiger partial charge in [-0.3, -0.25) is 4.79 Å². The quantitative estimate of drug-likeness (QED) is 0.554. The molecule has 1 atom stereocenters. The maximum absolute atomic E-state index is 13.5. The number of benzene rings is 2. The number of carbonyl (C=O) groups excluding carboxylic acids is 1. The third kappa shape index (κ3) is 5.00. The van der Waals surface area contributed by atoms with Crippen LogP contribution in [0.2, 0.25) is 0 Å². The number of rotatable bonds is 5. The number of nitrogens with zero attached hydrogens (tertiary/aromatic N) is 3. The summed E-state index contributed by atoms with van der Waals surface area (Å²) in [5, 5.41) is 3.35. The van der Waals surface area contributed by atoms with Crippen LogP contribution in [0.5, 0.6) is 0 Å². The molecule has 0 radical (unpaired) electrons. The summed E-state index contributed by atoms with van der Waals surface area (Å²) in [7, 11) is 0. The van der Waals surface area contributed by atoms with Crippen LogP contribution >= 0.6 is 0 Å². The Morgan fingerprint density at radius 2 is 1.79 bits per heavy atom. The molecule has 0 spiro atoms. The van der Waals surface area contributed by atoms with Gasteiger partial charge < -0.3 is 20.5 Å². The van der Waals surface area contributed by atoms with E-state index in [2.05, 4.69) is 10.3 Å². The summed E-state index contributed by atoms with van der Waals surface area (Å²) < 4.78 is 53.7. The Labute approximate surface area is 188 Å². The van der Waals surface area contributed by atoms with Crippen molar-refractivity contribution in [3.8, 4) is 11.3 Å². The zero-order chi connectivity index (χ0) is 23.8. The van der Waals surface area contributed by atoms with Gasteiger partial charge in [0.2, 0.25) is 5.91 Å². The molecule has 10 heteroatoms. The van der Waals surface area contributed by atoms with Crippen molar-refractivity contribution in [1.29, 1.82) is 0 Å². The summed E-state index contributed by atoms with van der Waals surface area (Å²) in [6, 6.07) is 11.4. The van der Waals surface area contributed by atoms with Gasteiger partial charge in [-0.1, -0.05) is 17.7 Å². The molecular weight excluding hydrogens is 438 g/mol. The zero-order valence-corrected chi connectivity index (χ0v) is 17.9. The molecule has 1 aromatic heterocycles. The van der Waals surface area contributed by atoms with Crippen LogP contribution in [-0.2, 0) is 17.9 Å². The number of aryl methyl sites for hydroxylation is 1. The van der Waals surface area contributed by atoms with E-state index >= 15 is 0 Å². The fraction of sp³-hybridized carbons (Fsp3) is 0.304. The molecule has 2 aromatic carbocycles. The number of alkyl halides is 3. The molecule has 1 unspecified atom stereocenters. The van der Waals surface area contributed by atoms with E-state index < -0.39 is 24.5 Å². The molecule has 1 amide bonds. The molecule has 6 nitrogen and oxygen atoms in total. The van der Waals surface area contributed by atoms with Crippen molar-refractivity contribution < 1.29 is 22.4 Å². The van der Waals surface area contributed by atoms with Crippen molar-refractivity contribution >= 4 is 17.4 Å². The predicted molar refractivity (Wildman–Crippen MR) is 116 cm³/mol. The summed E-state index contributed by atoms with van der Waals surface area (Å²) in [6.07, 6.45) is -5.45. The van der Waals surface area contributed by atoms with Crippen molar-refractivity contribution in [3.63, 3.8) is 0 Å². The lowest BCUT2D eigenvalue weighted by Crippen LogP contribution is -2.45. The lowest BCUT2D eigenvalue weighted by Gasteiger charge is -2.29. The summed E-state index contributed by atoms with van der Waals surface area (Å²) >= 11 is 0. The number of halogens is 4. The molecule has 1 aliphatic rings. The van der Waals surface area contributed by atoms with Crippen LogP contribution in [0.4, 0.5) is 29.1 Å². The standard InChI is InChI=1S/C23H23F4N5O/c1-14-2-8-17(9-3-14)29-22-21(15-4-6-16(24)7-5-15)30-19-13-31(10-11-32(19)22)20(33)12-18(28)23(25,26)27/h2-9,18,29H,10-13,28H2,1H3. The molecule has 3 N–H and O–H groups in total. The third-order valence-corrected chi connectivity index (χ3v) is 5.57. The first-order valence-electron chi connectivity index (χ1n) is 10.4. The van der Waals surface area contributed by atoms with Crippen molar-refractivity contribution in [2.24, 2.45) is 5.73 Å². The molecule has 4 rings (SSSR count). The maximum Gasteiger partial charge on any atom is 0.404 e. The number of carbonyl (C=O) groups is 1. The predicted octanol–water partition coefficient (Wildman–Crippen LogP) is 4.36. The first kappa shape index (κ1) is 22.8. The Morgan fingerprint density at radius 3 is 2.42 bits per heavy atom. The summed E-state index contributed by atoms with van der Waals surface area (Å²) in [5.41, 5.74) is 8.28. The van der Waals surface area contributed by atoms with Crippen LogP contribution < -0.4 is 11.1 Å². The molecule has 0 saturated carbocycles. The van der Waals surface area contributed by atoms with E-state index in [1.807, 2.05) is 35.8 Å². The monoisotopic (exact) mass is 461 g/mol. The summed E-state index contributed by atoms with van der Waals surface area (Å²) in [5.74, 6) is 0.127. The molecule has 0 bridgehead atoms. The van der Waals surface area contributed by atoms with Crippen molar-refractivity contribution in [3.05, 3.63) is 65.7 Å². The van der Waals surface area contributed by atoms with Gasteiger partial charge in [0.25, 0.3) is 0 Å². The second-order valence-corrected chi connectivity index (χ2v) is 8.04. The van der Waals surface area contributed by atoms with Gasteiger partial charge in [-0.05, 0) is 43.3 Å². The number of aromatic nitrogens is 2. The number of hydrogen-bond donors (Lipinski definition) is 2. The second kappa shape index (κ2) is 8.86. The van der Waals surface area contributed by atoms with Gasteiger partial charge >= 0.3 is 6.18 Å². The maximum atomic E-state index is 13.5. The van der Waals surface area contributed by atoms with Crippen LogP contribution in [0.1, 0.15) is 17.8 Å². The third-order valence-electron chi connectivity index (χ3n) is 5.57. The molecule has 0 fully saturated rings. The number of amides is 1. The fourth-order valence-corrected chi connectivity index (χ4v) is 3.69. The molecule has 0 saturated heterocycles. The zero-order valence-electron chi connectivity index (χ0n) is 17.9. The molecule has 174 valence electrons. The van der Waals surface area contributed by atoms with Gasteiger partial charge in [-0.25, -0.2) is 9.37 Å². The number of imidazole rings is 1. The van der Waals surface area contributed by atoms with E-state index in [9.17, 15) is 22.4 Å². The number of fused-ring (bicyclic) bond motifs is 1. The van der Waals surface area contributed by atoms with Crippen LogP contribution in [0.25, 0.3) is 11.3 Å². The molecular formula is C23H23F4N5O. The van der Waals surface area contributed by atoms with E-state index in [0.29, 0.717) is 29.4 Å². The Hall–Kier alpha value is -3.40. The van der Waals surface area contributed by atoms with E-state index in [1.54, 1.807) is 12.1 Å². The average Bonchev–Trinajstić information content (AvgIpc) is 3.12. The second-order valence-electron chi connectivity index (χ2n) is 8.04. The minimum absolute atomic E-state index is 0.0488. The largest absolute Gasteiger partial charge is 0.404 e. The van der Waals surface area contributed by atoms with E-state index in [-0.39, 0.29) is 18.9 Å². The van der Waals surface area contributed by atoms with Gasteiger partial charge in [0.1, 0.15) is 29.2 Å². The molecule has 33 heavy (non-hydrogen) atoms. The SMILES string of the molecule is Cc1ccc(Nc2c(-c3ccc(F)cc3)nc3n2CCN(C(=O)CC(N)C(F)(F)F)C3)cc1. The highest BCUT2D eigenvalue weighted by atomic mass is 19.4. The molecule has 2 heterocycles.